The Balaban J connectivity index is 1.77. The molecule has 0 unspecified atom stereocenters. The smallest absolute Gasteiger partial charge is 0.222 e. The van der Waals surface area contributed by atoms with E-state index in [0.29, 0.717) is 30.4 Å². The van der Waals surface area contributed by atoms with Crippen LogP contribution in [0.1, 0.15) is 24.9 Å². The van der Waals surface area contributed by atoms with E-state index in [2.05, 4.69) is 9.88 Å². The van der Waals surface area contributed by atoms with Crippen LogP contribution in [-0.2, 0) is 4.79 Å². The summed E-state index contributed by atoms with van der Waals surface area (Å²) in [7, 11) is 0. The van der Waals surface area contributed by atoms with Crippen molar-refractivity contribution in [2.45, 2.75) is 27.2 Å². The second-order valence-electron chi connectivity index (χ2n) is 6.96. The number of hydrogen-bond donors (Lipinski definition) is 0. The molecule has 1 aliphatic rings. The molecule has 0 N–H and O–H groups in total. The van der Waals surface area contributed by atoms with E-state index >= 15 is 0 Å². The predicted octanol–water partition coefficient (Wildman–Crippen LogP) is 3.14. The fourth-order valence-electron chi connectivity index (χ4n) is 3.68. The number of nitrogens with zero attached hydrogens (tertiary/aromatic N) is 6. The molecular weight excluding hydrogens is 376 g/mol. The highest BCUT2D eigenvalue weighted by Gasteiger charge is 2.25. The van der Waals surface area contributed by atoms with Crippen LogP contribution >= 0.6 is 11.6 Å². The van der Waals surface area contributed by atoms with Gasteiger partial charge < -0.3 is 9.80 Å². The van der Waals surface area contributed by atoms with Crippen LogP contribution in [0.4, 0.5) is 5.82 Å². The SMILES string of the molecule is CCC(=O)N1CCN(c2nc(C)nc3c2c(C)nn3-c2ccccc2Cl)CC1. The number of anilines is 1. The Morgan fingerprint density at radius 2 is 1.82 bits per heavy atom. The van der Waals surface area contributed by atoms with Gasteiger partial charge in [-0.2, -0.15) is 5.10 Å². The zero-order valence-electron chi connectivity index (χ0n) is 16.3. The lowest BCUT2D eigenvalue weighted by Crippen LogP contribution is -2.49. The number of fused-ring (bicyclic) bond motifs is 1. The molecule has 3 heterocycles. The number of benzene rings is 1. The van der Waals surface area contributed by atoms with E-state index in [1.807, 2.05) is 49.9 Å². The van der Waals surface area contributed by atoms with Crippen molar-refractivity contribution in [1.29, 1.82) is 0 Å². The largest absolute Gasteiger partial charge is 0.352 e. The van der Waals surface area contributed by atoms with Crippen LogP contribution in [0.5, 0.6) is 0 Å². The number of aryl methyl sites for hydroxylation is 2. The second-order valence-corrected chi connectivity index (χ2v) is 7.37. The summed E-state index contributed by atoms with van der Waals surface area (Å²) in [5.74, 6) is 1.76. The highest BCUT2D eigenvalue weighted by molar-refractivity contribution is 6.32. The lowest BCUT2D eigenvalue weighted by Gasteiger charge is -2.35. The topological polar surface area (TPSA) is 67.2 Å². The molecule has 28 heavy (non-hydrogen) atoms. The van der Waals surface area contributed by atoms with Gasteiger partial charge in [0.15, 0.2) is 5.65 Å². The average Bonchev–Trinajstić information content (AvgIpc) is 3.03. The molecule has 1 saturated heterocycles. The van der Waals surface area contributed by atoms with Crippen LogP contribution in [0, 0.1) is 13.8 Å². The summed E-state index contributed by atoms with van der Waals surface area (Å²) in [5, 5.41) is 6.27. The predicted molar refractivity (Wildman–Crippen MR) is 110 cm³/mol. The van der Waals surface area contributed by atoms with Crippen LogP contribution in [0.25, 0.3) is 16.7 Å². The van der Waals surface area contributed by atoms with E-state index in [0.717, 1.165) is 41.3 Å². The van der Waals surface area contributed by atoms with E-state index in [9.17, 15) is 4.79 Å². The summed E-state index contributed by atoms with van der Waals surface area (Å²) in [4.78, 5) is 25.5. The van der Waals surface area contributed by atoms with Crippen LogP contribution in [0.3, 0.4) is 0 Å². The van der Waals surface area contributed by atoms with Crippen molar-refractivity contribution in [3.8, 4) is 5.69 Å². The fraction of sp³-hybridized carbons (Fsp3) is 0.400. The van der Waals surface area contributed by atoms with Gasteiger partial charge >= 0.3 is 0 Å². The average molecular weight is 399 g/mol. The number of para-hydroxylation sites is 1. The van der Waals surface area contributed by atoms with Crippen molar-refractivity contribution in [3.05, 3.63) is 40.8 Å². The maximum atomic E-state index is 12.0. The van der Waals surface area contributed by atoms with Gasteiger partial charge in [0.2, 0.25) is 5.91 Å². The standard InChI is InChI=1S/C20H23ClN6O/c1-4-17(28)25-9-11-26(12-10-25)19-18-13(2)24-27(20(18)23-14(3)22-19)16-8-6-5-7-15(16)21/h5-8H,4,9-12H2,1-3H3. The lowest BCUT2D eigenvalue weighted by atomic mass is 10.2. The van der Waals surface area contributed by atoms with Gasteiger partial charge in [-0.1, -0.05) is 30.7 Å². The Morgan fingerprint density at radius 1 is 1.11 bits per heavy atom. The summed E-state index contributed by atoms with van der Waals surface area (Å²) >= 11 is 6.40. The zero-order valence-corrected chi connectivity index (χ0v) is 17.1. The highest BCUT2D eigenvalue weighted by Crippen LogP contribution is 2.31. The minimum atomic E-state index is 0.200. The molecule has 146 valence electrons. The Morgan fingerprint density at radius 3 is 2.50 bits per heavy atom. The molecule has 1 aromatic carbocycles. The zero-order chi connectivity index (χ0) is 19.8. The van der Waals surface area contributed by atoms with E-state index in [1.165, 1.54) is 0 Å². The van der Waals surface area contributed by atoms with Gasteiger partial charge in [-0.15, -0.1) is 0 Å². The highest BCUT2D eigenvalue weighted by atomic mass is 35.5. The van der Waals surface area contributed by atoms with Crippen molar-refractivity contribution >= 4 is 34.4 Å². The molecule has 7 nitrogen and oxygen atoms in total. The monoisotopic (exact) mass is 398 g/mol. The van der Waals surface area contributed by atoms with Gasteiger partial charge in [0.25, 0.3) is 0 Å². The molecule has 1 aliphatic heterocycles. The van der Waals surface area contributed by atoms with Crippen LogP contribution < -0.4 is 4.90 Å². The maximum Gasteiger partial charge on any atom is 0.222 e. The van der Waals surface area contributed by atoms with Crippen molar-refractivity contribution in [1.82, 2.24) is 24.6 Å². The van der Waals surface area contributed by atoms with Crippen molar-refractivity contribution in [3.63, 3.8) is 0 Å². The maximum absolute atomic E-state index is 12.0. The van der Waals surface area contributed by atoms with Crippen molar-refractivity contribution in [2.24, 2.45) is 0 Å². The third-order valence-corrected chi connectivity index (χ3v) is 5.43. The number of amides is 1. The van der Waals surface area contributed by atoms with Gasteiger partial charge in [0.05, 0.1) is 21.8 Å². The van der Waals surface area contributed by atoms with Crippen LogP contribution in [-0.4, -0.2) is 56.7 Å². The molecule has 8 heteroatoms. The van der Waals surface area contributed by atoms with Crippen molar-refractivity contribution < 1.29 is 4.79 Å². The number of rotatable bonds is 3. The van der Waals surface area contributed by atoms with E-state index < -0.39 is 0 Å². The molecule has 2 aromatic heterocycles. The van der Waals surface area contributed by atoms with Crippen LogP contribution in [0.15, 0.2) is 24.3 Å². The summed E-state index contributed by atoms with van der Waals surface area (Å²) in [5.41, 5.74) is 2.40. The molecule has 4 rings (SSSR count). The van der Waals surface area contributed by atoms with Crippen LogP contribution in [0.2, 0.25) is 5.02 Å². The summed E-state index contributed by atoms with van der Waals surface area (Å²) in [6.07, 6.45) is 0.542. The molecule has 0 radical (unpaired) electrons. The number of halogens is 1. The summed E-state index contributed by atoms with van der Waals surface area (Å²) in [6, 6.07) is 7.61. The first-order valence-electron chi connectivity index (χ1n) is 9.51. The van der Waals surface area contributed by atoms with Gasteiger partial charge in [-0.25, -0.2) is 14.6 Å². The second kappa shape index (κ2) is 7.39. The number of aromatic nitrogens is 4. The van der Waals surface area contributed by atoms with Gasteiger partial charge in [-0.3, -0.25) is 4.79 Å². The lowest BCUT2D eigenvalue weighted by molar-refractivity contribution is -0.131. The van der Waals surface area contributed by atoms with E-state index in [4.69, 9.17) is 21.7 Å². The molecule has 0 aliphatic carbocycles. The molecule has 0 bridgehead atoms. The normalized spacial score (nSPS) is 14.7. The quantitative estimate of drug-likeness (QED) is 0.678. The van der Waals surface area contributed by atoms with Gasteiger partial charge in [-0.05, 0) is 26.0 Å². The third kappa shape index (κ3) is 3.20. The molecule has 1 amide bonds. The number of carbonyl (C=O) groups excluding carboxylic acids is 1. The Labute approximate surface area is 168 Å². The minimum absolute atomic E-state index is 0.200. The first kappa shape index (κ1) is 18.7. The first-order valence-corrected chi connectivity index (χ1v) is 9.89. The molecule has 3 aromatic rings. The van der Waals surface area contributed by atoms with E-state index in [1.54, 1.807) is 4.68 Å². The summed E-state index contributed by atoms with van der Waals surface area (Å²) in [6.45, 7) is 8.65. The van der Waals surface area contributed by atoms with Gasteiger partial charge in [0.1, 0.15) is 11.6 Å². The third-order valence-electron chi connectivity index (χ3n) is 5.11. The fourth-order valence-corrected chi connectivity index (χ4v) is 3.89. The molecule has 0 spiro atoms. The van der Waals surface area contributed by atoms with Crippen molar-refractivity contribution in [2.75, 3.05) is 31.1 Å². The molecule has 0 atom stereocenters. The Hall–Kier alpha value is -2.67. The number of piperazine rings is 1. The van der Waals surface area contributed by atoms with Gasteiger partial charge in [0, 0.05) is 32.6 Å². The molecule has 0 saturated carbocycles. The number of hydrogen-bond acceptors (Lipinski definition) is 5. The Kier molecular flexibility index (Phi) is 4.93. The first-order chi connectivity index (χ1) is 13.5. The minimum Gasteiger partial charge on any atom is -0.352 e. The molecular formula is C20H23ClN6O. The summed E-state index contributed by atoms with van der Waals surface area (Å²) < 4.78 is 1.79. The van der Waals surface area contributed by atoms with E-state index in [-0.39, 0.29) is 5.91 Å². The Bertz CT molecular complexity index is 1040. The number of carbonyl (C=O) groups is 1. The molecule has 1 fully saturated rings.